The number of methoxy groups -OCH3 is 1. The molecule has 2 heterocycles. The van der Waals surface area contributed by atoms with Crippen molar-refractivity contribution in [1.82, 2.24) is 14.8 Å². The van der Waals surface area contributed by atoms with Gasteiger partial charge >= 0.3 is 0 Å². The van der Waals surface area contributed by atoms with Gasteiger partial charge in [-0.05, 0) is 31.5 Å². The predicted octanol–water partition coefficient (Wildman–Crippen LogP) is 4.45. The Morgan fingerprint density at radius 3 is 2.63 bits per heavy atom. The molecule has 0 spiro atoms. The van der Waals surface area contributed by atoms with Gasteiger partial charge in [0.2, 0.25) is 0 Å². The average Bonchev–Trinajstić information content (AvgIpc) is 3.10. The molecular weight excluding hydrogens is 358 g/mol. The van der Waals surface area contributed by atoms with Gasteiger partial charge < -0.3 is 4.74 Å². The van der Waals surface area contributed by atoms with Crippen LogP contribution in [0.15, 0.2) is 59.4 Å². The molecule has 0 N–H and O–H groups in total. The fourth-order valence-electron chi connectivity index (χ4n) is 3.13. The van der Waals surface area contributed by atoms with E-state index in [0.29, 0.717) is 5.52 Å². The molecule has 136 valence electrons. The zero-order valence-corrected chi connectivity index (χ0v) is 16.2. The van der Waals surface area contributed by atoms with Crippen LogP contribution in [0.3, 0.4) is 0 Å². The van der Waals surface area contributed by atoms with Crippen molar-refractivity contribution in [2.24, 2.45) is 0 Å². The molecule has 0 radical (unpaired) electrons. The Morgan fingerprint density at radius 2 is 1.89 bits per heavy atom. The van der Waals surface area contributed by atoms with E-state index >= 15 is 0 Å². The van der Waals surface area contributed by atoms with Gasteiger partial charge in [-0.15, -0.1) is 11.3 Å². The molecule has 27 heavy (non-hydrogen) atoms. The summed E-state index contributed by atoms with van der Waals surface area (Å²) in [6.45, 7) is 3.88. The van der Waals surface area contributed by atoms with Gasteiger partial charge in [0.05, 0.1) is 22.9 Å². The summed E-state index contributed by atoms with van der Waals surface area (Å²) >= 11 is 1.49. The zero-order chi connectivity index (χ0) is 19.0. The number of hydrogen-bond acceptors (Lipinski definition) is 5. The zero-order valence-electron chi connectivity index (χ0n) is 15.3. The number of nitrogens with zero attached hydrogens (tertiary/aromatic N) is 3. The Bertz CT molecular complexity index is 1170. The van der Waals surface area contributed by atoms with Crippen molar-refractivity contribution >= 4 is 21.6 Å². The lowest BCUT2D eigenvalue weighted by molar-refractivity contribution is 0.415. The number of rotatable bonds is 4. The second-order valence-electron chi connectivity index (χ2n) is 6.33. The van der Waals surface area contributed by atoms with Crippen molar-refractivity contribution in [2.45, 2.75) is 19.9 Å². The van der Waals surface area contributed by atoms with E-state index in [1.165, 1.54) is 16.0 Å². The quantitative estimate of drug-likeness (QED) is 0.527. The van der Waals surface area contributed by atoms with Crippen LogP contribution in [0.1, 0.15) is 23.5 Å². The minimum Gasteiger partial charge on any atom is -0.497 e. The lowest BCUT2D eigenvalue weighted by Crippen LogP contribution is -2.27. The van der Waals surface area contributed by atoms with Gasteiger partial charge in [-0.25, -0.2) is 9.67 Å². The number of thiazole rings is 1. The Hall–Kier alpha value is -2.99. The minimum atomic E-state index is -0.200. The Kier molecular flexibility index (Phi) is 4.49. The first-order valence-electron chi connectivity index (χ1n) is 8.68. The molecule has 0 fully saturated rings. The average molecular weight is 377 g/mol. The molecule has 0 aliphatic rings. The van der Waals surface area contributed by atoms with Crippen LogP contribution in [0.5, 0.6) is 5.75 Å². The second kappa shape index (κ2) is 6.96. The van der Waals surface area contributed by atoms with Gasteiger partial charge in [0.15, 0.2) is 5.52 Å². The van der Waals surface area contributed by atoms with Crippen LogP contribution in [-0.2, 0) is 0 Å². The van der Waals surface area contributed by atoms with Gasteiger partial charge in [-0.2, -0.15) is 5.10 Å². The van der Waals surface area contributed by atoms with E-state index in [0.717, 1.165) is 32.3 Å². The normalized spacial score (nSPS) is 12.3. The summed E-state index contributed by atoms with van der Waals surface area (Å²) in [4.78, 5) is 17.6. The number of aryl methyl sites for hydroxylation is 1. The molecule has 0 aliphatic carbocycles. The molecular formula is C21H19N3O2S. The van der Waals surface area contributed by atoms with Gasteiger partial charge in [-0.3, -0.25) is 4.79 Å². The highest BCUT2D eigenvalue weighted by molar-refractivity contribution is 7.19. The smallest absolute Gasteiger partial charge is 0.294 e. The van der Waals surface area contributed by atoms with Crippen LogP contribution in [0.4, 0.5) is 0 Å². The first kappa shape index (κ1) is 17.4. The standard InChI is InChI=1S/C21H19N3O2S/c1-13(15-8-5-4-6-9-15)24-21(25)19-20(27-14(2)22-19)18(23-24)16-10-7-11-17(12-16)26-3/h4-13H,1-3H3. The predicted molar refractivity (Wildman–Crippen MR) is 109 cm³/mol. The van der Waals surface area contributed by atoms with E-state index in [-0.39, 0.29) is 11.6 Å². The molecule has 0 aliphatic heterocycles. The van der Waals surface area contributed by atoms with Crippen molar-refractivity contribution in [1.29, 1.82) is 0 Å². The Labute approximate surface area is 160 Å². The van der Waals surface area contributed by atoms with Crippen LogP contribution >= 0.6 is 11.3 Å². The molecule has 0 saturated heterocycles. The third-order valence-corrected chi connectivity index (χ3v) is 5.54. The molecule has 1 unspecified atom stereocenters. The molecule has 0 saturated carbocycles. The van der Waals surface area contributed by atoms with E-state index in [1.54, 1.807) is 7.11 Å². The van der Waals surface area contributed by atoms with Crippen LogP contribution < -0.4 is 10.3 Å². The molecule has 6 heteroatoms. The van der Waals surface area contributed by atoms with Crippen LogP contribution in [0, 0.1) is 6.92 Å². The molecule has 0 bridgehead atoms. The van der Waals surface area contributed by atoms with E-state index in [1.807, 2.05) is 68.4 Å². The number of fused-ring (bicyclic) bond motifs is 1. The maximum Gasteiger partial charge on any atom is 0.294 e. The molecule has 2 aromatic carbocycles. The summed E-state index contributed by atoms with van der Waals surface area (Å²) in [7, 11) is 1.64. The fraction of sp³-hybridized carbons (Fsp3) is 0.190. The van der Waals surface area contributed by atoms with Gasteiger partial charge in [0.1, 0.15) is 11.4 Å². The summed E-state index contributed by atoms with van der Waals surface area (Å²) < 4.78 is 7.70. The first-order valence-corrected chi connectivity index (χ1v) is 9.49. The highest BCUT2D eigenvalue weighted by Crippen LogP contribution is 2.32. The number of ether oxygens (including phenoxy) is 1. The lowest BCUT2D eigenvalue weighted by Gasteiger charge is -2.16. The fourth-order valence-corrected chi connectivity index (χ4v) is 4.05. The van der Waals surface area contributed by atoms with Crippen LogP contribution in [0.25, 0.3) is 21.5 Å². The first-order chi connectivity index (χ1) is 13.1. The van der Waals surface area contributed by atoms with Gasteiger partial charge in [0.25, 0.3) is 5.56 Å². The maximum atomic E-state index is 13.1. The summed E-state index contributed by atoms with van der Waals surface area (Å²) in [5.74, 6) is 0.748. The number of hydrogen-bond donors (Lipinski definition) is 0. The van der Waals surface area contributed by atoms with Crippen LogP contribution in [0.2, 0.25) is 0 Å². The summed E-state index contributed by atoms with van der Waals surface area (Å²) in [5.41, 5.74) is 2.97. The molecule has 1 atom stereocenters. The van der Waals surface area contributed by atoms with E-state index in [9.17, 15) is 4.79 Å². The molecule has 5 nitrogen and oxygen atoms in total. The van der Waals surface area contributed by atoms with E-state index in [4.69, 9.17) is 9.84 Å². The monoisotopic (exact) mass is 377 g/mol. The van der Waals surface area contributed by atoms with Gasteiger partial charge in [0, 0.05) is 5.56 Å². The largest absolute Gasteiger partial charge is 0.497 e. The molecule has 0 amide bonds. The third kappa shape index (κ3) is 3.13. The molecule has 2 aromatic heterocycles. The maximum absolute atomic E-state index is 13.1. The highest BCUT2D eigenvalue weighted by Gasteiger charge is 2.20. The summed E-state index contributed by atoms with van der Waals surface area (Å²) in [6, 6.07) is 17.4. The number of benzene rings is 2. The molecule has 4 aromatic rings. The van der Waals surface area contributed by atoms with E-state index in [2.05, 4.69) is 4.98 Å². The second-order valence-corrected chi connectivity index (χ2v) is 7.53. The third-order valence-electron chi connectivity index (χ3n) is 4.56. The SMILES string of the molecule is COc1cccc(-c2nn(C(C)c3ccccc3)c(=O)c3nc(C)sc23)c1. The van der Waals surface area contributed by atoms with Crippen molar-refractivity contribution in [3.63, 3.8) is 0 Å². The summed E-state index contributed by atoms with van der Waals surface area (Å²) in [5, 5.41) is 5.60. The van der Waals surface area contributed by atoms with Crippen molar-refractivity contribution in [2.75, 3.05) is 7.11 Å². The minimum absolute atomic E-state index is 0.169. The van der Waals surface area contributed by atoms with Crippen LogP contribution in [-0.4, -0.2) is 21.9 Å². The Balaban J connectivity index is 1.98. The number of aromatic nitrogens is 3. The highest BCUT2D eigenvalue weighted by atomic mass is 32.1. The van der Waals surface area contributed by atoms with Crippen molar-refractivity contribution in [3.8, 4) is 17.0 Å². The molecule has 4 rings (SSSR count). The van der Waals surface area contributed by atoms with Crippen molar-refractivity contribution in [3.05, 3.63) is 75.5 Å². The topological polar surface area (TPSA) is 57.0 Å². The van der Waals surface area contributed by atoms with Gasteiger partial charge in [-0.1, -0.05) is 42.5 Å². The van der Waals surface area contributed by atoms with Crippen molar-refractivity contribution < 1.29 is 4.74 Å². The van der Waals surface area contributed by atoms with E-state index < -0.39 is 0 Å². The summed E-state index contributed by atoms with van der Waals surface area (Å²) in [6.07, 6.45) is 0. The Morgan fingerprint density at radius 1 is 1.11 bits per heavy atom. The lowest BCUT2D eigenvalue weighted by atomic mass is 10.1.